The molecular weight excluding hydrogens is 180 g/mol. The second-order valence-corrected chi connectivity index (χ2v) is 1.85. The largest absolute Gasteiger partial charge is 0.197 e. The quantitative estimate of drug-likeness (QED) is 0.580. The maximum atomic E-state index is 4.08. The van der Waals surface area contributed by atoms with E-state index in [2.05, 4.69) is 25.3 Å². The van der Waals surface area contributed by atoms with Crippen molar-refractivity contribution in [1.82, 2.24) is 0 Å². The number of rotatable bonds is 0. The highest BCUT2D eigenvalue weighted by Gasteiger charge is 1.73. The number of hydrogen-bond donors (Lipinski definition) is 2. The van der Waals surface area contributed by atoms with E-state index >= 15 is 0 Å². The zero-order valence-corrected chi connectivity index (χ0v) is 8.57. The average molecular weight is 192 g/mol. The van der Waals surface area contributed by atoms with E-state index in [4.69, 9.17) is 0 Å². The van der Waals surface area contributed by atoms with Crippen molar-refractivity contribution >= 4 is 38.8 Å². The summed E-state index contributed by atoms with van der Waals surface area (Å²) in [7, 11) is 0. The Balaban J connectivity index is 0. The fourth-order valence-corrected chi connectivity index (χ4v) is 0.600. The molecule has 0 unspecified atom stereocenters. The summed E-state index contributed by atoms with van der Waals surface area (Å²) >= 11 is 7.61. The molecule has 0 aromatic heterocycles. The number of hydrogen-bond acceptors (Lipinski definition) is 2. The lowest BCUT2D eigenvalue weighted by atomic mass is 10.4. The van der Waals surface area contributed by atoms with Crippen molar-refractivity contribution in [3.63, 3.8) is 0 Å². The Hall–Kier alpha value is 0.270. The van der Waals surface area contributed by atoms with Gasteiger partial charge in [-0.2, -0.15) is 26.1 Å². The highest BCUT2D eigenvalue weighted by molar-refractivity contribution is 7.80. The van der Waals surface area contributed by atoms with Gasteiger partial charge >= 0.3 is 0 Å². The van der Waals surface area contributed by atoms with Gasteiger partial charge in [-0.25, -0.2) is 0 Å². The van der Waals surface area contributed by atoms with E-state index < -0.39 is 0 Å². The summed E-state index contributed by atoms with van der Waals surface area (Å²) in [5.41, 5.74) is 0. The molecule has 1 rings (SSSR count). The normalized spacial score (nSPS) is 6.70. The van der Waals surface area contributed by atoms with Crippen molar-refractivity contribution in [3.05, 3.63) is 30.3 Å². The van der Waals surface area contributed by atoms with Crippen LogP contribution in [0, 0.1) is 0 Å². The molecule has 0 aliphatic rings. The minimum atomic E-state index is 0. The van der Waals surface area contributed by atoms with Crippen LogP contribution in [0.4, 0.5) is 0 Å². The van der Waals surface area contributed by atoms with Crippen LogP contribution in [0.2, 0.25) is 0 Å². The predicted octanol–water partition coefficient (Wildman–Crippen LogP) is 2.63. The van der Waals surface area contributed by atoms with Crippen molar-refractivity contribution in [1.29, 1.82) is 0 Å². The molecule has 1 aromatic carbocycles. The molecular formula is C7H12S3. The minimum Gasteiger partial charge on any atom is -0.197 e. The van der Waals surface area contributed by atoms with Crippen LogP contribution in [-0.4, -0.2) is 6.26 Å². The van der Waals surface area contributed by atoms with E-state index in [1.54, 1.807) is 6.26 Å². The van der Waals surface area contributed by atoms with Gasteiger partial charge in [0.1, 0.15) is 0 Å². The summed E-state index contributed by atoms with van der Waals surface area (Å²) < 4.78 is 0. The molecule has 58 valence electrons. The fraction of sp³-hybridized carbons (Fsp3) is 0.143. The van der Waals surface area contributed by atoms with Crippen LogP contribution in [0.3, 0.4) is 0 Å². The summed E-state index contributed by atoms with van der Waals surface area (Å²) in [6.07, 6.45) is 1.69. The summed E-state index contributed by atoms with van der Waals surface area (Å²) in [5.74, 6) is 0. The first kappa shape index (κ1) is 12.9. The standard InChI is InChI=1S/C6H6S.CH4S.H2S/c7-6-4-2-1-3-5-6;1-2;/h1-5,7H;2H,1H3;1H2. The molecule has 0 atom stereocenters. The van der Waals surface area contributed by atoms with Gasteiger partial charge in [-0.15, -0.1) is 12.6 Å². The van der Waals surface area contributed by atoms with Gasteiger partial charge in [-0.05, 0) is 18.4 Å². The highest BCUT2D eigenvalue weighted by atomic mass is 32.1. The fourth-order valence-electron chi connectivity index (χ4n) is 0.428. The Morgan fingerprint density at radius 1 is 1.00 bits per heavy atom. The van der Waals surface area contributed by atoms with Gasteiger partial charge in [0, 0.05) is 4.90 Å². The van der Waals surface area contributed by atoms with Gasteiger partial charge in [0.25, 0.3) is 0 Å². The summed E-state index contributed by atoms with van der Waals surface area (Å²) in [6.45, 7) is 0. The summed E-state index contributed by atoms with van der Waals surface area (Å²) in [5, 5.41) is 0. The monoisotopic (exact) mass is 192 g/mol. The molecule has 0 nitrogen and oxygen atoms in total. The van der Waals surface area contributed by atoms with Gasteiger partial charge in [0.15, 0.2) is 0 Å². The molecule has 0 aliphatic heterocycles. The van der Waals surface area contributed by atoms with Gasteiger partial charge in [0.05, 0.1) is 0 Å². The lowest BCUT2D eigenvalue weighted by molar-refractivity contribution is 1.48. The SMILES string of the molecule is CS.S.Sc1ccccc1. The molecule has 10 heavy (non-hydrogen) atoms. The predicted molar refractivity (Wildman–Crippen MR) is 59.0 cm³/mol. The third-order valence-electron chi connectivity index (χ3n) is 0.756. The van der Waals surface area contributed by atoms with Crippen LogP contribution < -0.4 is 0 Å². The van der Waals surface area contributed by atoms with E-state index in [0.29, 0.717) is 0 Å². The zero-order chi connectivity index (χ0) is 7.11. The Bertz CT molecular complexity index is 139. The lowest BCUT2D eigenvalue weighted by Crippen LogP contribution is -1.56. The van der Waals surface area contributed by atoms with Gasteiger partial charge in [0.2, 0.25) is 0 Å². The van der Waals surface area contributed by atoms with Crippen molar-refractivity contribution in [2.24, 2.45) is 0 Å². The van der Waals surface area contributed by atoms with E-state index in [0.717, 1.165) is 4.90 Å². The first-order valence-corrected chi connectivity index (χ1v) is 3.92. The van der Waals surface area contributed by atoms with Gasteiger partial charge < -0.3 is 0 Å². The molecule has 0 saturated carbocycles. The first-order chi connectivity index (χ1) is 4.39. The van der Waals surface area contributed by atoms with Gasteiger partial charge in [-0.3, -0.25) is 0 Å². The van der Waals surface area contributed by atoms with Crippen molar-refractivity contribution in [3.8, 4) is 0 Å². The smallest absolute Gasteiger partial charge is 0.00399 e. The van der Waals surface area contributed by atoms with Crippen molar-refractivity contribution in [2.45, 2.75) is 4.90 Å². The Labute approximate surface area is 80.3 Å². The van der Waals surface area contributed by atoms with Crippen LogP contribution in [0.15, 0.2) is 35.2 Å². The Morgan fingerprint density at radius 3 is 1.60 bits per heavy atom. The van der Waals surface area contributed by atoms with Crippen LogP contribution in [-0.2, 0) is 0 Å². The van der Waals surface area contributed by atoms with Crippen molar-refractivity contribution in [2.75, 3.05) is 6.26 Å². The van der Waals surface area contributed by atoms with Crippen LogP contribution in [0.1, 0.15) is 0 Å². The molecule has 0 bridgehead atoms. The molecule has 0 heterocycles. The van der Waals surface area contributed by atoms with Crippen LogP contribution in [0.5, 0.6) is 0 Å². The molecule has 3 heteroatoms. The summed E-state index contributed by atoms with van der Waals surface area (Å²) in [4.78, 5) is 1.02. The Kier molecular flexibility index (Phi) is 12.0. The number of thiol groups is 2. The molecule has 0 fully saturated rings. The second-order valence-electron chi connectivity index (χ2n) is 1.34. The first-order valence-electron chi connectivity index (χ1n) is 2.58. The molecule has 1 aromatic rings. The lowest BCUT2D eigenvalue weighted by Gasteiger charge is -1.81. The zero-order valence-electron chi connectivity index (χ0n) is 5.78. The van der Waals surface area contributed by atoms with E-state index in [1.165, 1.54) is 0 Å². The minimum absolute atomic E-state index is 0. The van der Waals surface area contributed by atoms with E-state index in [1.807, 2.05) is 30.3 Å². The topological polar surface area (TPSA) is 0 Å². The van der Waals surface area contributed by atoms with E-state index in [-0.39, 0.29) is 13.5 Å². The molecule has 0 saturated heterocycles. The molecule has 0 radical (unpaired) electrons. The van der Waals surface area contributed by atoms with E-state index in [9.17, 15) is 0 Å². The Morgan fingerprint density at radius 2 is 1.40 bits per heavy atom. The van der Waals surface area contributed by atoms with Crippen molar-refractivity contribution < 1.29 is 0 Å². The van der Waals surface area contributed by atoms with Crippen LogP contribution in [0.25, 0.3) is 0 Å². The third kappa shape index (κ3) is 6.39. The molecule has 0 N–H and O–H groups in total. The number of benzene rings is 1. The maximum absolute atomic E-state index is 4.08. The average Bonchev–Trinajstić information content (AvgIpc) is 1.94. The highest BCUT2D eigenvalue weighted by Crippen LogP contribution is 2.00. The van der Waals surface area contributed by atoms with Gasteiger partial charge in [-0.1, -0.05) is 18.2 Å². The maximum Gasteiger partial charge on any atom is 0.00399 e. The molecule has 0 spiro atoms. The second kappa shape index (κ2) is 9.27. The summed E-state index contributed by atoms with van der Waals surface area (Å²) in [6, 6.07) is 9.79. The third-order valence-corrected chi connectivity index (χ3v) is 1.05. The molecule has 0 amide bonds. The van der Waals surface area contributed by atoms with Crippen LogP contribution >= 0.6 is 38.8 Å². The molecule has 0 aliphatic carbocycles.